The Morgan fingerprint density at radius 1 is 1.25 bits per heavy atom. The van der Waals surface area contributed by atoms with Crippen LogP contribution in [0.2, 0.25) is 0 Å². The molecule has 0 saturated carbocycles. The van der Waals surface area contributed by atoms with Gasteiger partial charge in [-0.05, 0) is 88.8 Å². The van der Waals surface area contributed by atoms with Crippen LogP contribution in [0.25, 0.3) is 0 Å². The van der Waals surface area contributed by atoms with E-state index in [1.807, 2.05) is 26.0 Å². The van der Waals surface area contributed by atoms with E-state index in [2.05, 4.69) is 17.1 Å². The lowest BCUT2D eigenvalue weighted by Gasteiger charge is -2.30. The number of hydrogen-bond acceptors (Lipinski definition) is 4. The normalized spacial score (nSPS) is 17.3. The zero-order valence-electron chi connectivity index (χ0n) is 17.9. The predicted octanol–water partition coefficient (Wildman–Crippen LogP) is 2.70. The molecule has 1 aromatic carbocycles. The third kappa shape index (κ3) is 6.21. The number of nitrogens with one attached hydrogen (secondary N) is 1. The molecule has 2 rings (SSSR count). The zero-order chi connectivity index (χ0) is 20.9. The third-order valence-corrected chi connectivity index (χ3v) is 6.90. The molecule has 1 atom stereocenters. The van der Waals surface area contributed by atoms with Gasteiger partial charge >= 0.3 is 0 Å². The maximum Gasteiger partial charge on any atom is 0.243 e. The van der Waals surface area contributed by atoms with E-state index in [0.29, 0.717) is 12.2 Å². The number of piperidine rings is 1. The van der Waals surface area contributed by atoms with Crippen LogP contribution in [-0.2, 0) is 14.8 Å². The lowest BCUT2D eigenvalue weighted by Crippen LogP contribution is -2.48. The van der Waals surface area contributed by atoms with Crippen molar-refractivity contribution < 1.29 is 13.2 Å². The Morgan fingerprint density at radius 2 is 1.89 bits per heavy atom. The Morgan fingerprint density at radius 3 is 2.46 bits per heavy atom. The first kappa shape index (κ1) is 22.7. The van der Waals surface area contributed by atoms with Gasteiger partial charge in [0.25, 0.3) is 0 Å². The number of sulfonamides is 1. The summed E-state index contributed by atoms with van der Waals surface area (Å²) in [4.78, 5) is 15.1. The van der Waals surface area contributed by atoms with E-state index in [-0.39, 0.29) is 5.91 Å². The maximum atomic E-state index is 12.6. The van der Waals surface area contributed by atoms with E-state index in [0.717, 1.165) is 49.4 Å². The van der Waals surface area contributed by atoms with Gasteiger partial charge in [-0.25, -0.2) is 8.42 Å². The summed E-state index contributed by atoms with van der Waals surface area (Å²) in [7, 11) is -3.58. The van der Waals surface area contributed by atoms with Crippen LogP contribution in [0, 0.1) is 19.8 Å². The van der Waals surface area contributed by atoms with Crippen molar-refractivity contribution in [2.45, 2.75) is 53.0 Å². The average molecular weight is 410 g/mol. The number of amides is 1. The smallest absolute Gasteiger partial charge is 0.243 e. The van der Waals surface area contributed by atoms with E-state index in [1.54, 1.807) is 13.0 Å². The molecule has 0 unspecified atom stereocenters. The molecular formula is C21H35N3O3S. The highest BCUT2D eigenvalue weighted by atomic mass is 32.2. The number of nitrogens with zero attached hydrogens (tertiary/aromatic N) is 2. The number of carbonyl (C=O) groups excluding carboxylic acids is 1. The Kier molecular flexibility index (Phi) is 7.89. The van der Waals surface area contributed by atoms with Gasteiger partial charge in [-0.1, -0.05) is 13.0 Å². The fourth-order valence-corrected chi connectivity index (χ4v) is 4.79. The number of anilines is 1. The van der Waals surface area contributed by atoms with Crippen LogP contribution in [0.15, 0.2) is 18.2 Å². The highest BCUT2D eigenvalue weighted by molar-refractivity contribution is 7.92. The molecule has 158 valence electrons. The molecule has 0 bridgehead atoms. The first-order valence-corrected chi connectivity index (χ1v) is 12.0. The van der Waals surface area contributed by atoms with Crippen molar-refractivity contribution in [3.05, 3.63) is 29.3 Å². The lowest BCUT2D eigenvalue weighted by molar-refractivity contribution is -0.121. The number of aryl methyl sites for hydroxylation is 2. The highest BCUT2D eigenvalue weighted by Crippen LogP contribution is 2.23. The second-order valence-corrected chi connectivity index (χ2v) is 10.0. The lowest BCUT2D eigenvalue weighted by atomic mass is 9.99. The SMILES string of the molecule is Cc1ccc(N([C@H](C)C(=O)NCCCN2CCC(C)CC2)S(C)(=O)=O)cc1C. The molecule has 0 radical (unpaired) electrons. The van der Waals surface area contributed by atoms with E-state index in [4.69, 9.17) is 0 Å². The molecule has 0 spiro atoms. The monoisotopic (exact) mass is 409 g/mol. The molecule has 1 heterocycles. The quantitative estimate of drug-likeness (QED) is 0.670. The molecule has 1 aromatic rings. The molecule has 1 aliphatic heterocycles. The summed E-state index contributed by atoms with van der Waals surface area (Å²) in [5.41, 5.74) is 2.60. The standard InChI is InChI=1S/C21H35N3O3S/c1-16-9-13-23(14-10-16)12-6-11-22-21(25)19(4)24(28(5,26)27)20-8-7-17(2)18(3)15-20/h7-8,15-16,19H,6,9-14H2,1-5H3,(H,22,25)/t19-/m1/s1. The van der Waals surface area contributed by atoms with Gasteiger partial charge in [-0.3, -0.25) is 9.10 Å². The van der Waals surface area contributed by atoms with Crippen LogP contribution < -0.4 is 9.62 Å². The minimum absolute atomic E-state index is 0.268. The Balaban J connectivity index is 1.93. The fraction of sp³-hybridized carbons (Fsp3) is 0.667. The summed E-state index contributed by atoms with van der Waals surface area (Å²) in [5, 5.41) is 2.91. The number of carbonyl (C=O) groups is 1. The van der Waals surface area contributed by atoms with Gasteiger partial charge in [0.1, 0.15) is 6.04 Å². The van der Waals surface area contributed by atoms with Crippen molar-refractivity contribution in [2.75, 3.05) is 36.7 Å². The molecule has 28 heavy (non-hydrogen) atoms. The van der Waals surface area contributed by atoms with Crippen molar-refractivity contribution in [2.24, 2.45) is 5.92 Å². The van der Waals surface area contributed by atoms with Crippen LogP contribution in [-0.4, -0.2) is 57.7 Å². The fourth-order valence-electron chi connectivity index (χ4n) is 3.62. The first-order chi connectivity index (χ1) is 13.1. The number of benzene rings is 1. The Bertz CT molecular complexity index is 771. The molecule has 1 N–H and O–H groups in total. The molecule has 6 nitrogen and oxygen atoms in total. The predicted molar refractivity (Wildman–Crippen MR) is 115 cm³/mol. The van der Waals surface area contributed by atoms with Gasteiger partial charge in [0, 0.05) is 6.54 Å². The van der Waals surface area contributed by atoms with Crippen LogP contribution >= 0.6 is 0 Å². The zero-order valence-corrected chi connectivity index (χ0v) is 18.7. The number of likely N-dealkylation sites (tertiary alicyclic amines) is 1. The van der Waals surface area contributed by atoms with Gasteiger partial charge in [-0.2, -0.15) is 0 Å². The van der Waals surface area contributed by atoms with E-state index >= 15 is 0 Å². The highest BCUT2D eigenvalue weighted by Gasteiger charge is 2.29. The molecule has 1 aliphatic rings. The van der Waals surface area contributed by atoms with Crippen molar-refractivity contribution in [1.82, 2.24) is 10.2 Å². The topological polar surface area (TPSA) is 69.7 Å². The van der Waals surface area contributed by atoms with E-state index in [1.165, 1.54) is 17.1 Å². The van der Waals surface area contributed by atoms with E-state index in [9.17, 15) is 13.2 Å². The molecule has 1 fully saturated rings. The summed E-state index contributed by atoms with van der Waals surface area (Å²) in [6, 6.07) is 4.66. The summed E-state index contributed by atoms with van der Waals surface area (Å²) < 4.78 is 26.0. The molecule has 7 heteroatoms. The molecule has 0 aromatic heterocycles. The van der Waals surface area contributed by atoms with Crippen molar-refractivity contribution >= 4 is 21.6 Å². The first-order valence-electron chi connectivity index (χ1n) is 10.2. The minimum atomic E-state index is -3.58. The molecule has 1 amide bonds. The minimum Gasteiger partial charge on any atom is -0.354 e. The molecule has 0 aliphatic carbocycles. The maximum absolute atomic E-state index is 12.6. The van der Waals surface area contributed by atoms with E-state index < -0.39 is 16.1 Å². The van der Waals surface area contributed by atoms with Crippen LogP contribution in [0.1, 0.15) is 44.2 Å². The van der Waals surface area contributed by atoms with Crippen LogP contribution in [0.3, 0.4) is 0 Å². The Hall–Kier alpha value is -1.60. The molecule has 1 saturated heterocycles. The average Bonchev–Trinajstić information content (AvgIpc) is 2.62. The van der Waals surface area contributed by atoms with Gasteiger partial charge in [-0.15, -0.1) is 0 Å². The van der Waals surface area contributed by atoms with Gasteiger partial charge in [0.15, 0.2) is 0 Å². The Labute approximate surface area is 170 Å². The summed E-state index contributed by atoms with van der Waals surface area (Å²) in [6.45, 7) is 11.6. The summed E-state index contributed by atoms with van der Waals surface area (Å²) in [6.07, 6.45) is 4.49. The summed E-state index contributed by atoms with van der Waals surface area (Å²) >= 11 is 0. The second kappa shape index (κ2) is 9.74. The van der Waals surface area contributed by atoms with Crippen LogP contribution in [0.4, 0.5) is 5.69 Å². The van der Waals surface area contributed by atoms with Gasteiger partial charge in [0.2, 0.25) is 15.9 Å². The largest absolute Gasteiger partial charge is 0.354 e. The summed E-state index contributed by atoms with van der Waals surface area (Å²) in [5.74, 6) is 0.542. The number of hydrogen-bond donors (Lipinski definition) is 1. The third-order valence-electron chi connectivity index (χ3n) is 5.66. The van der Waals surface area contributed by atoms with Crippen molar-refractivity contribution in [1.29, 1.82) is 0 Å². The van der Waals surface area contributed by atoms with Gasteiger partial charge < -0.3 is 10.2 Å². The number of rotatable bonds is 8. The van der Waals surface area contributed by atoms with Gasteiger partial charge in [0.05, 0.1) is 11.9 Å². The van der Waals surface area contributed by atoms with Crippen LogP contribution in [0.5, 0.6) is 0 Å². The van der Waals surface area contributed by atoms with Crippen molar-refractivity contribution in [3.8, 4) is 0 Å². The molecular weight excluding hydrogens is 374 g/mol. The second-order valence-electron chi connectivity index (χ2n) is 8.17. The van der Waals surface area contributed by atoms with Crippen molar-refractivity contribution in [3.63, 3.8) is 0 Å².